The van der Waals surface area contributed by atoms with Gasteiger partial charge in [0.05, 0.1) is 18.5 Å². The fourth-order valence-corrected chi connectivity index (χ4v) is 1.89. The summed E-state index contributed by atoms with van der Waals surface area (Å²) in [5.41, 5.74) is -0.146. The molecule has 0 N–H and O–H groups in total. The summed E-state index contributed by atoms with van der Waals surface area (Å²) in [5, 5.41) is 0. The Labute approximate surface area is 117 Å². The molecule has 0 aromatic heterocycles. The maximum atomic E-state index is 11.9. The van der Waals surface area contributed by atoms with Gasteiger partial charge in [-0.25, -0.2) is 4.79 Å². The molecule has 1 aromatic rings. The number of hydrogen-bond acceptors (Lipinski definition) is 4. The quantitative estimate of drug-likeness (QED) is 0.772. The third-order valence-corrected chi connectivity index (χ3v) is 3.53. The number of likely N-dealkylation sites (tertiary alicyclic amines) is 1. The standard InChI is InChI=1S/C15H17NO4/c1-15(2)12(17)8-16(9-13(15)18)14(19)20-10-11-6-4-3-5-7-11/h3-7H,8-10H2,1-2H3. The molecule has 5 nitrogen and oxygen atoms in total. The molecule has 1 aromatic carbocycles. The van der Waals surface area contributed by atoms with Crippen LogP contribution in [0.15, 0.2) is 30.3 Å². The van der Waals surface area contributed by atoms with Gasteiger partial charge in [0, 0.05) is 0 Å². The van der Waals surface area contributed by atoms with Crippen molar-refractivity contribution in [3.05, 3.63) is 35.9 Å². The first-order valence-corrected chi connectivity index (χ1v) is 6.43. The molecule has 1 heterocycles. The number of benzene rings is 1. The van der Waals surface area contributed by atoms with Crippen molar-refractivity contribution in [2.24, 2.45) is 5.41 Å². The Morgan fingerprint density at radius 3 is 2.25 bits per heavy atom. The van der Waals surface area contributed by atoms with Crippen molar-refractivity contribution in [2.45, 2.75) is 20.5 Å². The average Bonchev–Trinajstić information content (AvgIpc) is 2.43. The van der Waals surface area contributed by atoms with E-state index in [2.05, 4.69) is 0 Å². The van der Waals surface area contributed by atoms with Crippen molar-refractivity contribution in [1.29, 1.82) is 0 Å². The van der Waals surface area contributed by atoms with Crippen LogP contribution in [0.5, 0.6) is 0 Å². The van der Waals surface area contributed by atoms with Crippen LogP contribution >= 0.6 is 0 Å². The minimum Gasteiger partial charge on any atom is -0.445 e. The number of carbonyl (C=O) groups excluding carboxylic acids is 3. The number of piperidine rings is 1. The number of nitrogens with zero attached hydrogens (tertiary/aromatic N) is 1. The van der Waals surface area contributed by atoms with Crippen LogP contribution in [0.4, 0.5) is 4.79 Å². The third kappa shape index (κ3) is 2.87. The van der Waals surface area contributed by atoms with Crippen LogP contribution in [0.1, 0.15) is 19.4 Å². The summed E-state index contributed by atoms with van der Waals surface area (Å²) in [5.74, 6) is -0.518. The molecule has 0 spiro atoms. The molecule has 0 unspecified atom stereocenters. The Morgan fingerprint density at radius 2 is 1.70 bits per heavy atom. The summed E-state index contributed by atoms with van der Waals surface area (Å²) in [6.07, 6.45) is -0.633. The summed E-state index contributed by atoms with van der Waals surface area (Å²) >= 11 is 0. The van der Waals surface area contributed by atoms with Crippen LogP contribution in [0.3, 0.4) is 0 Å². The maximum absolute atomic E-state index is 11.9. The summed E-state index contributed by atoms with van der Waals surface area (Å²) in [6, 6.07) is 9.24. The van der Waals surface area contributed by atoms with Crippen molar-refractivity contribution >= 4 is 17.7 Å². The lowest BCUT2D eigenvalue weighted by Crippen LogP contribution is -2.54. The molecular formula is C15H17NO4. The van der Waals surface area contributed by atoms with Crippen molar-refractivity contribution in [3.8, 4) is 0 Å². The van der Waals surface area contributed by atoms with E-state index in [0.29, 0.717) is 0 Å². The van der Waals surface area contributed by atoms with Gasteiger partial charge < -0.3 is 4.74 Å². The van der Waals surface area contributed by atoms with Crippen LogP contribution < -0.4 is 0 Å². The lowest BCUT2D eigenvalue weighted by Gasteiger charge is -2.33. The Morgan fingerprint density at radius 1 is 1.15 bits per heavy atom. The van der Waals surface area contributed by atoms with E-state index in [-0.39, 0.29) is 31.3 Å². The monoisotopic (exact) mass is 275 g/mol. The highest BCUT2D eigenvalue weighted by Gasteiger charge is 2.43. The summed E-state index contributed by atoms with van der Waals surface area (Å²) < 4.78 is 5.11. The van der Waals surface area contributed by atoms with Gasteiger partial charge in [0.2, 0.25) is 0 Å². The molecule has 0 atom stereocenters. The van der Waals surface area contributed by atoms with Gasteiger partial charge in [0.25, 0.3) is 0 Å². The summed E-state index contributed by atoms with van der Waals surface area (Å²) in [6.45, 7) is 3.15. The first-order chi connectivity index (χ1) is 9.41. The normalized spacial score (nSPS) is 18.0. The van der Waals surface area contributed by atoms with Crippen LogP contribution in [-0.4, -0.2) is 35.6 Å². The molecular weight excluding hydrogens is 258 g/mol. The minimum absolute atomic E-state index is 0.0770. The molecule has 1 aliphatic heterocycles. The molecule has 1 aliphatic rings. The number of carbonyl (C=O) groups is 3. The number of amides is 1. The number of Topliss-reactive ketones (excluding diaryl/α,β-unsaturated/α-hetero) is 2. The van der Waals surface area contributed by atoms with E-state index in [1.165, 1.54) is 0 Å². The topological polar surface area (TPSA) is 63.7 Å². The lowest BCUT2D eigenvalue weighted by molar-refractivity contribution is -0.144. The number of hydrogen-bond donors (Lipinski definition) is 0. The number of ketones is 2. The van der Waals surface area contributed by atoms with Gasteiger partial charge in [-0.2, -0.15) is 0 Å². The zero-order valence-electron chi connectivity index (χ0n) is 11.6. The second-order valence-corrected chi connectivity index (χ2v) is 5.37. The van der Waals surface area contributed by atoms with Crippen molar-refractivity contribution in [3.63, 3.8) is 0 Å². The first kappa shape index (κ1) is 14.2. The molecule has 1 fully saturated rings. The van der Waals surface area contributed by atoms with Gasteiger partial charge in [-0.15, -0.1) is 0 Å². The van der Waals surface area contributed by atoms with E-state index in [0.717, 1.165) is 10.5 Å². The minimum atomic E-state index is -1.00. The van der Waals surface area contributed by atoms with Gasteiger partial charge >= 0.3 is 6.09 Å². The SMILES string of the molecule is CC1(C)C(=O)CN(C(=O)OCc2ccccc2)CC1=O. The molecule has 106 valence electrons. The van der Waals surface area contributed by atoms with Crippen molar-refractivity contribution < 1.29 is 19.1 Å². The number of ether oxygens (including phenoxy) is 1. The Bertz CT molecular complexity index is 516. The van der Waals surface area contributed by atoms with Gasteiger partial charge in [-0.3, -0.25) is 14.5 Å². The number of rotatable bonds is 2. The third-order valence-electron chi connectivity index (χ3n) is 3.53. The van der Waals surface area contributed by atoms with Crippen molar-refractivity contribution in [2.75, 3.05) is 13.1 Å². The van der Waals surface area contributed by atoms with Gasteiger partial charge in [0.15, 0.2) is 11.6 Å². The van der Waals surface area contributed by atoms with Crippen LogP contribution in [-0.2, 0) is 20.9 Å². The average molecular weight is 275 g/mol. The summed E-state index contributed by atoms with van der Waals surface area (Å²) in [7, 11) is 0. The molecule has 0 radical (unpaired) electrons. The maximum Gasteiger partial charge on any atom is 0.410 e. The second kappa shape index (κ2) is 5.45. The van der Waals surface area contributed by atoms with E-state index in [1.54, 1.807) is 13.8 Å². The zero-order valence-corrected chi connectivity index (χ0v) is 11.6. The van der Waals surface area contributed by atoms with Crippen LogP contribution in [0.25, 0.3) is 0 Å². The van der Waals surface area contributed by atoms with E-state index in [9.17, 15) is 14.4 Å². The predicted octanol–water partition coefficient (Wildman–Crippen LogP) is 1.80. The fraction of sp³-hybridized carbons (Fsp3) is 0.400. The zero-order chi connectivity index (χ0) is 14.8. The van der Waals surface area contributed by atoms with E-state index >= 15 is 0 Å². The smallest absolute Gasteiger partial charge is 0.410 e. The largest absolute Gasteiger partial charge is 0.445 e. The Hall–Kier alpha value is -2.17. The van der Waals surface area contributed by atoms with Crippen LogP contribution in [0, 0.1) is 5.41 Å². The second-order valence-electron chi connectivity index (χ2n) is 5.37. The fourth-order valence-electron chi connectivity index (χ4n) is 1.89. The Balaban J connectivity index is 1.94. The molecule has 0 bridgehead atoms. The highest BCUT2D eigenvalue weighted by molar-refractivity contribution is 6.11. The highest BCUT2D eigenvalue weighted by atomic mass is 16.6. The van der Waals surface area contributed by atoms with E-state index in [4.69, 9.17) is 4.74 Å². The first-order valence-electron chi connectivity index (χ1n) is 6.43. The highest BCUT2D eigenvalue weighted by Crippen LogP contribution is 2.24. The molecule has 0 aliphatic carbocycles. The van der Waals surface area contributed by atoms with Crippen molar-refractivity contribution in [1.82, 2.24) is 4.90 Å². The molecule has 1 amide bonds. The van der Waals surface area contributed by atoms with Gasteiger partial charge in [0.1, 0.15) is 6.61 Å². The van der Waals surface area contributed by atoms with E-state index in [1.807, 2.05) is 30.3 Å². The van der Waals surface area contributed by atoms with Gasteiger partial charge in [-0.05, 0) is 19.4 Å². The van der Waals surface area contributed by atoms with Gasteiger partial charge in [-0.1, -0.05) is 30.3 Å². The lowest BCUT2D eigenvalue weighted by atomic mass is 9.80. The molecule has 0 saturated carbocycles. The predicted molar refractivity (Wildman–Crippen MR) is 72.0 cm³/mol. The molecule has 1 saturated heterocycles. The molecule has 2 rings (SSSR count). The van der Waals surface area contributed by atoms with E-state index < -0.39 is 11.5 Å². The molecule has 5 heteroatoms. The summed E-state index contributed by atoms with van der Waals surface area (Å²) in [4.78, 5) is 36.7. The molecule has 20 heavy (non-hydrogen) atoms. The van der Waals surface area contributed by atoms with Crippen LogP contribution in [0.2, 0.25) is 0 Å². The Kier molecular flexibility index (Phi) is 3.88.